The Morgan fingerprint density at radius 3 is 1.35 bits per heavy atom. The molecule has 0 fully saturated rings. The molecule has 0 heterocycles. The van der Waals surface area contributed by atoms with Crippen molar-refractivity contribution < 1.29 is 9.84 Å². The van der Waals surface area contributed by atoms with E-state index in [2.05, 4.69) is 19.9 Å². The fourth-order valence-corrected chi connectivity index (χ4v) is 3.13. The van der Waals surface area contributed by atoms with Crippen LogP contribution in [0.3, 0.4) is 0 Å². The van der Waals surface area contributed by atoms with E-state index in [1.165, 1.54) is 11.1 Å². The third-order valence-corrected chi connectivity index (χ3v) is 4.37. The standard InChI is InChI=1S/C14H14O.C8H10O.C6H5Cl/c1-11-8-12(2)10-14(9-11)15-13-6-4-3-5-7-13;1-6-3-7(2)5-8(9)4-6;7-6-4-2-1-3-5-6/h3-10H,1-2H3;3-5,9H,1-2H3;1-5H. The zero-order chi connectivity index (χ0) is 22.6. The van der Waals surface area contributed by atoms with Crippen LogP contribution in [-0.4, -0.2) is 5.11 Å². The van der Waals surface area contributed by atoms with Gasteiger partial charge < -0.3 is 9.84 Å². The quantitative estimate of drug-likeness (QED) is 0.344. The van der Waals surface area contributed by atoms with Crippen LogP contribution in [0, 0.1) is 27.7 Å². The van der Waals surface area contributed by atoms with Gasteiger partial charge in [0.05, 0.1) is 0 Å². The van der Waals surface area contributed by atoms with Gasteiger partial charge in [-0.05, 0) is 98.5 Å². The van der Waals surface area contributed by atoms with Crippen molar-refractivity contribution >= 4 is 11.6 Å². The Morgan fingerprint density at radius 1 is 0.548 bits per heavy atom. The highest BCUT2D eigenvalue weighted by Gasteiger charge is 1.98. The van der Waals surface area contributed by atoms with E-state index in [1.54, 1.807) is 12.1 Å². The van der Waals surface area contributed by atoms with Crippen LogP contribution in [0.2, 0.25) is 5.02 Å². The molecule has 0 unspecified atom stereocenters. The smallest absolute Gasteiger partial charge is 0.127 e. The molecule has 4 rings (SSSR count). The highest BCUT2D eigenvalue weighted by molar-refractivity contribution is 6.30. The highest BCUT2D eigenvalue weighted by atomic mass is 35.5. The van der Waals surface area contributed by atoms with Gasteiger partial charge in [-0.1, -0.05) is 60.1 Å². The summed E-state index contributed by atoms with van der Waals surface area (Å²) in [7, 11) is 0. The second-order valence-corrected chi connectivity index (χ2v) is 7.82. The Kier molecular flexibility index (Phi) is 9.67. The van der Waals surface area contributed by atoms with Crippen molar-refractivity contribution in [2.75, 3.05) is 0 Å². The van der Waals surface area contributed by atoms with Crippen LogP contribution in [0.15, 0.2) is 97.1 Å². The summed E-state index contributed by atoms with van der Waals surface area (Å²) >= 11 is 5.54. The van der Waals surface area contributed by atoms with E-state index in [0.29, 0.717) is 5.75 Å². The van der Waals surface area contributed by atoms with Gasteiger partial charge in [0.15, 0.2) is 0 Å². The van der Waals surface area contributed by atoms with Gasteiger partial charge in [0.2, 0.25) is 0 Å². The molecule has 0 spiro atoms. The van der Waals surface area contributed by atoms with Crippen molar-refractivity contribution in [1.29, 1.82) is 0 Å². The molecule has 0 aliphatic heterocycles. The number of ether oxygens (including phenoxy) is 1. The summed E-state index contributed by atoms with van der Waals surface area (Å²) < 4.78 is 5.74. The molecule has 1 N–H and O–H groups in total. The first-order valence-corrected chi connectivity index (χ1v) is 10.5. The number of phenols is 1. The molecule has 2 nitrogen and oxygen atoms in total. The molecule has 0 radical (unpaired) electrons. The molecule has 3 heteroatoms. The Balaban J connectivity index is 0.000000181. The first-order chi connectivity index (χ1) is 14.8. The molecule has 0 aromatic heterocycles. The van der Waals surface area contributed by atoms with Crippen molar-refractivity contribution in [3.63, 3.8) is 0 Å². The van der Waals surface area contributed by atoms with Crippen molar-refractivity contribution in [2.24, 2.45) is 0 Å². The number of phenolic OH excluding ortho intramolecular Hbond substituents is 1. The van der Waals surface area contributed by atoms with E-state index in [4.69, 9.17) is 21.4 Å². The van der Waals surface area contributed by atoms with Crippen molar-refractivity contribution in [1.82, 2.24) is 0 Å². The summed E-state index contributed by atoms with van der Waals surface area (Å²) in [6, 6.07) is 31.0. The molecular formula is C28H29ClO2. The summed E-state index contributed by atoms with van der Waals surface area (Å²) in [5.74, 6) is 2.13. The summed E-state index contributed by atoms with van der Waals surface area (Å²) in [5.41, 5.74) is 4.65. The van der Waals surface area contributed by atoms with Gasteiger partial charge in [0.1, 0.15) is 17.2 Å². The highest BCUT2D eigenvalue weighted by Crippen LogP contribution is 2.23. The molecule has 4 aromatic rings. The lowest BCUT2D eigenvalue weighted by Gasteiger charge is -2.07. The molecule has 0 aliphatic carbocycles. The maximum atomic E-state index is 8.99. The van der Waals surface area contributed by atoms with Gasteiger partial charge in [-0.15, -0.1) is 0 Å². The Bertz CT molecular complexity index is 990. The molecule has 31 heavy (non-hydrogen) atoms. The van der Waals surface area contributed by atoms with Crippen LogP contribution in [0.4, 0.5) is 0 Å². The van der Waals surface area contributed by atoms with Crippen LogP contribution < -0.4 is 4.74 Å². The van der Waals surface area contributed by atoms with E-state index in [-0.39, 0.29) is 0 Å². The maximum Gasteiger partial charge on any atom is 0.127 e. The van der Waals surface area contributed by atoms with Crippen molar-refractivity contribution in [3.05, 3.63) is 124 Å². The first-order valence-electron chi connectivity index (χ1n) is 10.1. The summed E-state index contributed by atoms with van der Waals surface area (Å²) in [6.45, 7) is 8.08. The molecular weight excluding hydrogens is 404 g/mol. The Morgan fingerprint density at radius 2 is 0.968 bits per heavy atom. The van der Waals surface area contributed by atoms with E-state index in [1.807, 2.05) is 92.7 Å². The average molecular weight is 433 g/mol. The minimum Gasteiger partial charge on any atom is -0.508 e. The van der Waals surface area contributed by atoms with Crippen LogP contribution in [-0.2, 0) is 0 Å². The van der Waals surface area contributed by atoms with Crippen LogP contribution in [0.5, 0.6) is 17.2 Å². The number of hydrogen-bond donors (Lipinski definition) is 1. The number of rotatable bonds is 2. The van der Waals surface area contributed by atoms with Crippen molar-refractivity contribution in [2.45, 2.75) is 27.7 Å². The third kappa shape index (κ3) is 9.88. The van der Waals surface area contributed by atoms with Crippen LogP contribution in [0.25, 0.3) is 0 Å². The van der Waals surface area contributed by atoms with Gasteiger partial charge in [0.25, 0.3) is 0 Å². The summed E-state index contributed by atoms with van der Waals surface area (Å²) in [6.07, 6.45) is 0. The Hall–Kier alpha value is -3.23. The lowest BCUT2D eigenvalue weighted by atomic mass is 10.1. The molecule has 0 bridgehead atoms. The number of benzene rings is 4. The zero-order valence-electron chi connectivity index (χ0n) is 18.5. The second kappa shape index (κ2) is 12.5. The molecule has 0 amide bonds. The van der Waals surface area contributed by atoms with Gasteiger partial charge in [-0.2, -0.15) is 0 Å². The molecule has 160 valence electrons. The molecule has 0 saturated carbocycles. The van der Waals surface area contributed by atoms with Crippen LogP contribution in [0.1, 0.15) is 22.3 Å². The normalized spacial score (nSPS) is 9.58. The van der Waals surface area contributed by atoms with Crippen molar-refractivity contribution in [3.8, 4) is 17.2 Å². The number of aryl methyl sites for hydroxylation is 4. The topological polar surface area (TPSA) is 29.5 Å². The van der Waals surface area contributed by atoms with E-state index < -0.39 is 0 Å². The first kappa shape index (κ1) is 24.0. The second-order valence-electron chi connectivity index (χ2n) is 7.38. The molecule has 0 aliphatic rings. The minimum absolute atomic E-state index is 0.354. The van der Waals surface area contributed by atoms with Crippen LogP contribution >= 0.6 is 11.6 Å². The number of hydrogen-bond acceptors (Lipinski definition) is 2. The fourth-order valence-electron chi connectivity index (χ4n) is 2.98. The molecule has 4 aromatic carbocycles. The van der Waals surface area contributed by atoms with Gasteiger partial charge in [0, 0.05) is 5.02 Å². The lowest BCUT2D eigenvalue weighted by molar-refractivity contribution is 0.474. The van der Waals surface area contributed by atoms with Gasteiger partial charge in [-0.3, -0.25) is 0 Å². The predicted molar refractivity (Wildman–Crippen MR) is 131 cm³/mol. The third-order valence-electron chi connectivity index (χ3n) is 4.11. The number of halogens is 1. The predicted octanol–water partition coefficient (Wildman–Crippen LogP) is 8.44. The maximum absolute atomic E-state index is 8.99. The monoisotopic (exact) mass is 432 g/mol. The van der Waals surface area contributed by atoms with E-state index >= 15 is 0 Å². The van der Waals surface area contributed by atoms with Gasteiger partial charge >= 0.3 is 0 Å². The van der Waals surface area contributed by atoms with E-state index in [9.17, 15) is 0 Å². The number of para-hydroxylation sites is 1. The summed E-state index contributed by atoms with van der Waals surface area (Å²) in [4.78, 5) is 0. The zero-order valence-corrected chi connectivity index (χ0v) is 19.2. The fraction of sp³-hybridized carbons (Fsp3) is 0.143. The molecule has 0 saturated heterocycles. The SMILES string of the molecule is Cc1cc(C)cc(O)c1.Cc1cc(C)cc(Oc2ccccc2)c1.Clc1ccccc1. The number of aromatic hydroxyl groups is 1. The largest absolute Gasteiger partial charge is 0.508 e. The van der Waals surface area contributed by atoms with E-state index in [0.717, 1.165) is 27.6 Å². The minimum atomic E-state index is 0.354. The summed E-state index contributed by atoms with van der Waals surface area (Å²) in [5, 5.41) is 9.79. The average Bonchev–Trinajstić information content (AvgIpc) is 2.68. The van der Waals surface area contributed by atoms with Gasteiger partial charge in [-0.25, -0.2) is 0 Å². The lowest BCUT2D eigenvalue weighted by Crippen LogP contribution is -1.85. The Labute approximate surface area is 190 Å². The molecule has 0 atom stereocenters.